The highest BCUT2D eigenvalue weighted by Crippen LogP contribution is 2.47. The van der Waals surface area contributed by atoms with Crippen molar-refractivity contribution in [1.82, 2.24) is 14.9 Å². The molecule has 2 aromatic rings. The number of rotatable bonds is 1. The van der Waals surface area contributed by atoms with Gasteiger partial charge in [-0.3, -0.25) is 4.90 Å². The number of benzene rings is 1. The average Bonchev–Trinajstić information content (AvgIpc) is 2.89. The first-order valence-electron chi connectivity index (χ1n) is 7.53. The summed E-state index contributed by atoms with van der Waals surface area (Å²) in [4.78, 5) is 11.6. The Balaban J connectivity index is 1.84. The molecule has 1 aliphatic carbocycles. The van der Waals surface area contributed by atoms with Crippen LogP contribution in [0, 0.1) is 0 Å². The van der Waals surface area contributed by atoms with E-state index in [9.17, 15) is 0 Å². The molecule has 0 amide bonds. The zero-order valence-corrected chi connectivity index (χ0v) is 14.3. The van der Waals surface area contributed by atoms with Crippen LogP contribution < -0.4 is 0 Å². The number of likely N-dealkylation sites (N-methyl/N-ethyl adjacent to an activating group) is 1. The Labute approximate surface area is 140 Å². The summed E-state index contributed by atoms with van der Waals surface area (Å²) in [6, 6.07) is 8.82. The van der Waals surface area contributed by atoms with Crippen LogP contribution in [0.4, 0.5) is 0 Å². The van der Waals surface area contributed by atoms with Gasteiger partial charge in [0.25, 0.3) is 0 Å². The molecule has 3 nitrogen and oxygen atoms in total. The molecule has 0 bridgehead atoms. The molecule has 0 N–H and O–H groups in total. The molecule has 2 heterocycles. The van der Waals surface area contributed by atoms with Crippen LogP contribution in [-0.2, 0) is 24.9 Å². The van der Waals surface area contributed by atoms with E-state index in [0.717, 1.165) is 42.2 Å². The van der Waals surface area contributed by atoms with E-state index < -0.39 is 0 Å². The van der Waals surface area contributed by atoms with E-state index in [-0.39, 0.29) is 5.54 Å². The number of halogens is 1. The van der Waals surface area contributed by atoms with Gasteiger partial charge in [-0.15, -0.1) is 0 Å². The van der Waals surface area contributed by atoms with Crippen LogP contribution in [0.25, 0.3) is 0 Å². The molecule has 22 heavy (non-hydrogen) atoms. The fourth-order valence-electron chi connectivity index (χ4n) is 3.92. The van der Waals surface area contributed by atoms with Crippen LogP contribution in [0.1, 0.15) is 28.8 Å². The quantitative estimate of drug-likeness (QED) is 0.453. The van der Waals surface area contributed by atoms with Crippen LogP contribution in [0.3, 0.4) is 0 Å². The molecule has 2 aliphatic rings. The molecule has 5 heteroatoms. The van der Waals surface area contributed by atoms with E-state index in [1.807, 2.05) is 6.26 Å². The number of hydrogen-bond donors (Lipinski definition) is 0. The van der Waals surface area contributed by atoms with E-state index >= 15 is 0 Å². The number of aromatic nitrogens is 2. The van der Waals surface area contributed by atoms with Gasteiger partial charge in [0, 0.05) is 18.5 Å². The lowest BCUT2D eigenvalue weighted by Gasteiger charge is -2.44. The van der Waals surface area contributed by atoms with Gasteiger partial charge in [0.05, 0.1) is 11.2 Å². The summed E-state index contributed by atoms with van der Waals surface area (Å²) in [7, 11) is 2.20. The minimum atomic E-state index is 0.0664. The normalized spacial score (nSPS) is 23.6. The largest absolute Gasteiger partial charge is 0.292 e. The van der Waals surface area contributed by atoms with Crippen LogP contribution in [-0.4, -0.2) is 28.2 Å². The highest BCUT2D eigenvalue weighted by Gasteiger charge is 2.45. The van der Waals surface area contributed by atoms with Crippen molar-refractivity contribution in [2.45, 2.75) is 36.5 Å². The summed E-state index contributed by atoms with van der Waals surface area (Å²) >= 11 is 7.95. The Hall–Kier alpha value is -1.10. The molecule has 0 radical (unpaired) electrons. The number of hydrogen-bond acceptors (Lipinski definition) is 4. The minimum Gasteiger partial charge on any atom is -0.292 e. The van der Waals surface area contributed by atoms with E-state index in [1.165, 1.54) is 11.1 Å². The Morgan fingerprint density at radius 3 is 2.91 bits per heavy atom. The summed E-state index contributed by atoms with van der Waals surface area (Å²) in [6.07, 6.45) is 5.21. The van der Waals surface area contributed by atoms with Crippen LogP contribution in [0.5, 0.6) is 0 Å². The van der Waals surface area contributed by atoms with Crippen molar-refractivity contribution < 1.29 is 0 Å². The smallest absolute Gasteiger partial charge is 0.188 e. The maximum Gasteiger partial charge on any atom is 0.188 e. The topological polar surface area (TPSA) is 29.0 Å². The number of aryl methyl sites for hydroxylation is 1. The lowest BCUT2D eigenvalue weighted by molar-refractivity contribution is 0.0925. The standard InChI is InChI=1S/C17H18ClN3S/c1-21-10-12-14(19-16(22-2)20-15(12)18)9-17(21)8-7-11-5-3-4-6-13(11)17/h3-6H,7-10H2,1-2H3. The first kappa shape index (κ1) is 14.5. The van der Waals surface area contributed by atoms with Gasteiger partial charge in [0.1, 0.15) is 5.15 Å². The SMILES string of the molecule is CSc1nc(Cl)c2c(n1)CC1(CCc3ccccc31)N(C)C2. The third-order valence-corrected chi connectivity index (χ3v) is 5.98. The van der Waals surface area contributed by atoms with Crippen molar-refractivity contribution in [3.63, 3.8) is 0 Å². The lowest BCUT2D eigenvalue weighted by atomic mass is 9.81. The molecule has 1 atom stereocenters. The Kier molecular flexibility index (Phi) is 3.44. The second-order valence-corrected chi connectivity index (χ2v) is 7.28. The summed E-state index contributed by atoms with van der Waals surface area (Å²) in [5.74, 6) is 0. The Morgan fingerprint density at radius 1 is 1.27 bits per heavy atom. The van der Waals surface area contributed by atoms with Gasteiger partial charge in [0.2, 0.25) is 0 Å². The molecule has 0 saturated carbocycles. The molecule has 1 aromatic carbocycles. The molecule has 0 saturated heterocycles. The highest BCUT2D eigenvalue weighted by atomic mass is 35.5. The van der Waals surface area contributed by atoms with Crippen LogP contribution >= 0.6 is 23.4 Å². The fraction of sp³-hybridized carbons (Fsp3) is 0.412. The van der Waals surface area contributed by atoms with Crippen molar-refractivity contribution >= 4 is 23.4 Å². The maximum absolute atomic E-state index is 6.40. The van der Waals surface area contributed by atoms with Crippen molar-refractivity contribution in [3.8, 4) is 0 Å². The zero-order valence-electron chi connectivity index (χ0n) is 12.8. The summed E-state index contributed by atoms with van der Waals surface area (Å²) < 4.78 is 0. The summed E-state index contributed by atoms with van der Waals surface area (Å²) in [5.41, 5.74) is 5.22. The number of nitrogens with zero attached hydrogens (tertiary/aromatic N) is 3. The van der Waals surface area contributed by atoms with Gasteiger partial charge in [-0.2, -0.15) is 0 Å². The van der Waals surface area contributed by atoms with E-state index in [0.29, 0.717) is 5.15 Å². The number of thioether (sulfide) groups is 1. The van der Waals surface area contributed by atoms with E-state index in [2.05, 4.69) is 41.2 Å². The maximum atomic E-state index is 6.40. The second kappa shape index (κ2) is 5.22. The Morgan fingerprint density at radius 2 is 2.09 bits per heavy atom. The van der Waals surface area contributed by atoms with Crippen molar-refractivity contribution in [1.29, 1.82) is 0 Å². The molecule has 1 aromatic heterocycles. The molecule has 1 spiro atoms. The predicted octanol–water partition coefficient (Wildman–Crippen LogP) is 3.68. The van der Waals surface area contributed by atoms with Gasteiger partial charge in [-0.1, -0.05) is 47.6 Å². The predicted molar refractivity (Wildman–Crippen MR) is 90.4 cm³/mol. The summed E-state index contributed by atoms with van der Waals surface area (Å²) in [5, 5.41) is 1.39. The first-order valence-corrected chi connectivity index (χ1v) is 9.13. The lowest BCUT2D eigenvalue weighted by Crippen LogP contribution is -2.47. The first-order chi connectivity index (χ1) is 10.6. The van der Waals surface area contributed by atoms with Crippen molar-refractivity contribution in [2.75, 3.05) is 13.3 Å². The van der Waals surface area contributed by atoms with Crippen LogP contribution in [0.15, 0.2) is 29.4 Å². The molecule has 114 valence electrons. The molecular formula is C17H18ClN3S. The molecular weight excluding hydrogens is 314 g/mol. The van der Waals surface area contributed by atoms with Gasteiger partial charge in [0.15, 0.2) is 5.16 Å². The Bertz CT molecular complexity index is 749. The van der Waals surface area contributed by atoms with Gasteiger partial charge >= 0.3 is 0 Å². The third kappa shape index (κ3) is 2.01. The van der Waals surface area contributed by atoms with Gasteiger partial charge in [-0.25, -0.2) is 9.97 Å². The van der Waals surface area contributed by atoms with E-state index in [1.54, 1.807) is 11.8 Å². The third-order valence-electron chi connectivity index (χ3n) is 5.12. The summed E-state index contributed by atoms with van der Waals surface area (Å²) in [6.45, 7) is 0.817. The average molecular weight is 332 g/mol. The highest BCUT2D eigenvalue weighted by molar-refractivity contribution is 7.98. The van der Waals surface area contributed by atoms with Gasteiger partial charge in [-0.05, 0) is 37.3 Å². The minimum absolute atomic E-state index is 0.0664. The second-order valence-electron chi connectivity index (χ2n) is 6.15. The van der Waals surface area contributed by atoms with Crippen molar-refractivity contribution in [3.05, 3.63) is 51.8 Å². The number of fused-ring (bicyclic) bond motifs is 3. The van der Waals surface area contributed by atoms with Gasteiger partial charge < -0.3 is 0 Å². The molecule has 1 aliphatic heterocycles. The fourth-order valence-corrected chi connectivity index (χ4v) is 4.60. The molecule has 1 unspecified atom stereocenters. The monoisotopic (exact) mass is 331 g/mol. The molecule has 4 rings (SSSR count). The van der Waals surface area contributed by atoms with Crippen LogP contribution in [0.2, 0.25) is 5.15 Å². The zero-order chi connectivity index (χ0) is 15.3. The van der Waals surface area contributed by atoms with E-state index in [4.69, 9.17) is 16.6 Å². The van der Waals surface area contributed by atoms with Crippen molar-refractivity contribution in [2.24, 2.45) is 0 Å². The molecule has 0 fully saturated rings.